The number of thiophene rings is 1. The third kappa shape index (κ3) is 3.04. The summed E-state index contributed by atoms with van der Waals surface area (Å²) in [5.74, 6) is -0.306. The van der Waals surface area contributed by atoms with E-state index in [0.717, 1.165) is 22.5 Å². The molecule has 0 saturated carbocycles. The summed E-state index contributed by atoms with van der Waals surface area (Å²) in [7, 11) is 1.38. The molecule has 6 heteroatoms. The van der Waals surface area contributed by atoms with Crippen LogP contribution in [-0.2, 0) is 17.7 Å². The molecule has 0 atom stereocenters. The Bertz CT molecular complexity index is 959. The highest BCUT2D eigenvalue weighted by atomic mass is 32.1. The van der Waals surface area contributed by atoms with Crippen LogP contribution in [0.15, 0.2) is 54.9 Å². The van der Waals surface area contributed by atoms with Crippen LogP contribution in [0.5, 0.6) is 0 Å². The van der Waals surface area contributed by atoms with Crippen LogP contribution in [0, 0.1) is 0 Å². The van der Waals surface area contributed by atoms with Gasteiger partial charge in [-0.1, -0.05) is 6.07 Å². The van der Waals surface area contributed by atoms with Crippen LogP contribution in [0.25, 0.3) is 5.69 Å². The normalized spacial score (nSPS) is 13.3. The summed E-state index contributed by atoms with van der Waals surface area (Å²) in [6.45, 7) is 1.18. The maximum atomic E-state index is 13.0. The van der Waals surface area contributed by atoms with Gasteiger partial charge in [0.05, 0.1) is 13.7 Å². The molecule has 1 aliphatic heterocycles. The lowest BCUT2D eigenvalue weighted by molar-refractivity contribution is 0.0605. The van der Waals surface area contributed by atoms with Gasteiger partial charge >= 0.3 is 5.97 Å². The molecule has 2 aromatic heterocycles. The minimum absolute atomic E-state index is 0.0117. The topological polar surface area (TPSA) is 51.5 Å². The maximum absolute atomic E-state index is 13.0. The summed E-state index contributed by atoms with van der Waals surface area (Å²) >= 11 is 1.41. The molecule has 1 aromatic carbocycles. The van der Waals surface area contributed by atoms with Gasteiger partial charge in [0.25, 0.3) is 5.91 Å². The van der Waals surface area contributed by atoms with Crippen molar-refractivity contribution in [2.45, 2.75) is 13.0 Å². The van der Waals surface area contributed by atoms with E-state index in [9.17, 15) is 9.59 Å². The second-order valence-electron chi connectivity index (χ2n) is 6.17. The average molecular weight is 366 g/mol. The zero-order valence-electron chi connectivity index (χ0n) is 14.3. The van der Waals surface area contributed by atoms with E-state index >= 15 is 0 Å². The van der Waals surface area contributed by atoms with E-state index in [1.807, 2.05) is 64.3 Å². The number of hydrogen-bond donors (Lipinski definition) is 0. The van der Waals surface area contributed by atoms with Crippen LogP contribution < -0.4 is 0 Å². The first-order valence-corrected chi connectivity index (χ1v) is 9.20. The Morgan fingerprint density at radius 1 is 1.12 bits per heavy atom. The molecule has 5 nitrogen and oxygen atoms in total. The summed E-state index contributed by atoms with van der Waals surface area (Å²) in [5.41, 5.74) is 2.77. The van der Waals surface area contributed by atoms with Crippen molar-refractivity contribution in [3.8, 4) is 5.69 Å². The summed E-state index contributed by atoms with van der Waals surface area (Å²) < 4.78 is 6.77. The molecule has 0 bridgehead atoms. The number of carbonyl (C=O) groups is 2. The van der Waals surface area contributed by atoms with Crippen LogP contribution in [0.2, 0.25) is 0 Å². The zero-order chi connectivity index (χ0) is 18.1. The summed E-state index contributed by atoms with van der Waals surface area (Å²) in [4.78, 5) is 28.2. The van der Waals surface area contributed by atoms with Crippen molar-refractivity contribution in [2.75, 3.05) is 13.7 Å². The highest BCUT2D eigenvalue weighted by molar-refractivity contribution is 7.14. The van der Waals surface area contributed by atoms with Gasteiger partial charge in [-0.05, 0) is 48.4 Å². The molecule has 0 fully saturated rings. The Hall–Kier alpha value is -2.86. The second kappa shape index (κ2) is 6.80. The fourth-order valence-corrected chi connectivity index (χ4v) is 4.33. The van der Waals surface area contributed by atoms with Crippen LogP contribution in [0.3, 0.4) is 0 Å². The van der Waals surface area contributed by atoms with E-state index in [2.05, 4.69) is 0 Å². The molecule has 0 saturated heterocycles. The van der Waals surface area contributed by atoms with Gasteiger partial charge < -0.3 is 14.2 Å². The molecule has 1 amide bonds. The van der Waals surface area contributed by atoms with E-state index in [1.54, 1.807) is 0 Å². The molecular weight excluding hydrogens is 348 g/mol. The number of nitrogens with zero attached hydrogens (tertiary/aromatic N) is 2. The molecule has 1 aliphatic rings. The number of benzene rings is 1. The molecule has 0 spiro atoms. The van der Waals surface area contributed by atoms with Crippen LogP contribution in [-0.4, -0.2) is 35.0 Å². The number of rotatable bonds is 3. The fraction of sp³-hybridized carbons (Fsp3) is 0.200. The molecule has 3 heterocycles. The highest BCUT2D eigenvalue weighted by Crippen LogP contribution is 2.29. The third-order valence-corrected chi connectivity index (χ3v) is 5.69. The first-order chi connectivity index (χ1) is 12.7. The van der Waals surface area contributed by atoms with Crippen molar-refractivity contribution < 1.29 is 14.3 Å². The molecule has 132 valence electrons. The van der Waals surface area contributed by atoms with Gasteiger partial charge in [0, 0.05) is 35.1 Å². The standard InChI is InChI=1S/C20H18N2O3S/c1-25-20(24)17-12-14-7-10-22(13-18(14)26-17)19(23)15-5-4-6-16(11-15)21-8-2-3-9-21/h2-6,8-9,11-12H,7,10,13H2,1H3. The Morgan fingerprint density at radius 3 is 2.69 bits per heavy atom. The van der Waals surface area contributed by atoms with Crippen LogP contribution >= 0.6 is 11.3 Å². The van der Waals surface area contributed by atoms with Gasteiger partial charge in [-0.25, -0.2) is 4.79 Å². The lowest BCUT2D eigenvalue weighted by Crippen LogP contribution is -2.35. The number of hydrogen-bond acceptors (Lipinski definition) is 4. The lowest BCUT2D eigenvalue weighted by Gasteiger charge is -2.27. The largest absolute Gasteiger partial charge is 0.465 e. The van der Waals surface area contributed by atoms with Gasteiger partial charge in [-0.2, -0.15) is 0 Å². The van der Waals surface area contributed by atoms with Gasteiger partial charge in [0.15, 0.2) is 0 Å². The molecule has 0 aliphatic carbocycles. The second-order valence-corrected chi connectivity index (χ2v) is 7.30. The van der Waals surface area contributed by atoms with Gasteiger partial charge in [-0.3, -0.25) is 4.79 Å². The molecule has 0 N–H and O–H groups in total. The van der Waals surface area contributed by atoms with Crippen LogP contribution in [0.1, 0.15) is 30.5 Å². The number of ether oxygens (including phenoxy) is 1. The van der Waals surface area contributed by atoms with Gasteiger partial charge in [0.1, 0.15) is 4.88 Å². The summed E-state index contributed by atoms with van der Waals surface area (Å²) in [5, 5.41) is 0. The first-order valence-electron chi connectivity index (χ1n) is 8.38. The average Bonchev–Trinajstić information content (AvgIpc) is 3.36. The monoisotopic (exact) mass is 366 g/mol. The quantitative estimate of drug-likeness (QED) is 0.667. The predicted molar refractivity (Wildman–Crippen MR) is 99.9 cm³/mol. The molecule has 4 rings (SSSR count). The van der Waals surface area contributed by atoms with E-state index in [-0.39, 0.29) is 11.9 Å². The van der Waals surface area contributed by atoms with Gasteiger partial charge in [-0.15, -0.1) is 11.3 Å². The van der Waals surface area contributed by atoms with Crippen molar-refractivity contribution in [3.05, 3.63) is 75.7 Å². The van der Waals surface area contributed by atoms with E-state index in [4.69, 9.17) is 4.74 Å². The number of carbonyl (C=O) groups excluding carboxylic acids is 2. The molecule has 3 aromatic rings. The van der Waals surface area contributed by atoms with Crippen molar-refractivity contribution in [2.24, 2.45) is 0 Å². The first kappa shape index (κ1) is 16.6. The SMILES string of the molecule is COC(=O)c1cc2c(s1)CN(C(=O)c1cccc(-n3cccc3)c1)CC2. The number of fused-ring (bicyclic) bond motifs is 1. The molecule has 0 unspecified atom stereocenters. The van der Waals surface area contributed by atoms with Gasteiger partial charge in [0.2, 0.25) is 0 Å². The Balaban J connectivity index is 1.55. The minimum atomic E-state index is -0.318. The van der Waals surface area contributed by atoms with Crippen molar-refractivity contribution in [3.63, 3.8) is 0 Å². The maximum Gasteiger partial charge on any atom is 0.348 e. The minimum Gasteiger partial charge on any atom is -0.465 e. The highest BCUT2D eigenvalue weighted by Gasteiger charge is 2.25. The summed E-state index contributed by atoms with van der Waals surface area (Å²) in [6, 6.07) is 13.4. The third-order valence-electron chi connectivity index (χ3n) is 4.55. The van der Waals surface area contributed by atoms with E-state index in [1.165, 1.54) is 18.4 Å². The number of amides is 1. The van der Waals surface area contributed by atoms with Crippen molar-refractivity contribution >= 4 is 23.2 Å². The Kier molecular flexibility index (Phi) is 4.34. The Labute approximate surface area is 155 Å². The predicted octanol–water partition coefficient (Wildman–Crippen LogP) is 3.52. The smallest absolute Gasteiger partial charge is 0.348 e. The lowest BCUT2D eigenvalue weighted by atomic mass is 10.1. The fourth-order valence-electron chi connectivity index (χ4n) is 3.18. The van der Waals surface area contributed by atoms with Crippen LogP contribution in [0.4, 0.5) is 0 Å². The number of esters is 1. The number of methoxy groups -OCH3 is 1. The molecule has 0 radical (unpaired) electrons. The van der Waals surface area contributed by atoms with Crippen molar-refractivity contribution in [1.82, 2.24) is 9.47 Å². The zero-order valence-corrected chi connectivity index (χ0v) is 15.2. The van der Waals surface area contributed by atoms with Crippen molar-refractivity contribution in [1.29, 1.82) is 0 Å². The molecular formula is C20H18N2O3S. The Morgan fingerprint density at radius 2 is 1.92 bits per heavy atom. The summed E-state index contributed by atoms with van der Waals surface area (Å²) in [6.07, 6.45) is 4.67. The molecule has 26 heavy (non-hydrogen) atoms. The van der Waals surface area contributed by atoms with E-state index in [0.29, 0.717) is 23.5 Å². The number of aromatic nitrogens is 1. The van der Waals surface area contributed by atoms with E-state index < -0.39 is 0 Å².